The summed E-state index contributed by atoms with van der Waals surface area (Å²) >= 11 is 12.7. The number of fused-ring (bicyclic) bond motifs is 2. The highest BCUT2D eigenvalue weighted by Gasteiger charge is 2.35. The van der Waals surface area contributed by atoms with E-state index >= 15 is 0 Å². The molecule has 4 N–H and O–H groups in total. The van der Waals surface area contributed by atoms with E-state index in [9.17, 15) is 18.0 Å². The third kappa shape index (κ3) is 9.54. The molecule has 0 radical (unpaired) electrons. The van der Waals surface area contributed by atoms with Crippen molar-refractivity contribution in [1.29, 1.82) is 0 Å². The number of anilines is 3. The SMILES string of the molecule is COc1cc2nccc(Oc3ccc(N)cc3Cl)c2cc1OC.COc1cc2nccc(Oc3ccc(NC(=O)Nc4nnc(C(F)(F)F)s4)cc3Cl)c2cc1OC. The minimum absolute atomic E-state index is 0.170. The molecule has 3 heterocycles. The van der Waals surface area contributed by atoms with Crippen LogP contribution in [0.5, 0.6) is 46.0 Å². The number of pyridine rings is 2. The topological polar surface area (TPSA) is 174 Å². The Kier molecular flexibility index (Phi) is 12.6. The van der Waals surface area contributed by atoms with Gasteiger partial charge in [-0.15, -0.1) is 10.2 Å². The number of nitrogens with one attached hydrogen (secondary N) is 2. The molecule has 0 bridgehead atoms. The van der Waals surface area contributed by atoms with Crippen LogP contribution in [0.2, 0.25) is 10.0 Å². The van der Waals surface area contributed by atoms with Crippen molar-refractivity contribution in [3.05, 3.63) is 100 Å². The maximum absolute atomic E-state index is 12.6. The van der Waals surface area contributed by atoms with Crippen molar-refractivity contribution in [2.24, 2.45) is 0 Å². The van der Waals surface area contributed by atoms with Crippen LogP contribution in [0.15, 0.2) is 85.2 Å². The first-order chi connectivity index (χ1) is 27.8. The molecule has 3 aromatic heterocycles. The zero-order valence-corrected chi connectivity index (χ0v) is 32.9. The zero-order valence-electron chi connectivity index (χ0n) is 30.6. The molecule has 0 aliphatic rings. The number of ether oxygens (including phenoxy) is 6. The van der Waals surface area contributed by atoms with E-state index < -0.39 is 17.2 Å². The molecule has 0 atom stereocenters. The smallest absolute Gasteiger partial charge is 0.445 e. The van der Waals surface area contributed by atoms with Crippen LogP contribution in [0.3, 0.4) is 0 Å². The maximum Gasteiger partial charge on any atom is 0.445 e. The molecule has 300 valence electrons. The van der Waals surface area contributed by atoms with E-state index in [4.69, 9.17) is 57.4 Å². The standard InChI is InChI=1S/C21H15ClF3N5O4S.C17H15ClN2O3/c1-32-16-8-11-13(9-17(16)33-2)26-6-5-14(11)34-15-4-3-10(7-12(15)22)27-19(31)28-20-30-29-18(35-20)21(23,24)25;1-21-16-8-11-13(9-17(16)22-2)20-6-5-14(11)23-15-4-3-10(19)7-12(15)18/h3-9H,1-2H3,(H2,27,28,30,31);3-9H,19H2,1-2H3. The number of nitrogen functional groups attached to an aromatic ring is 1. The van der Waals surface area contributed by atoms with E-state index in [1.54, 1.807) is 75.1 Å². The molecule has 7 aromatic rings. The number of hydrogen-bond acceptors (Lipinski definition) is 13. The van der Waals surface area contributed by atoms with Gasteiger partial charge >= 0.3 is 12.2 Å². The lowest BCUT2D eigenvalue weighted by molar-refractivity contribution is -0.138. The summed E-state index contributed by atoms with van der Waals surface area (Å²) in [4.78, 5) is 20.8. The Morgan fingerprint density at radius 1 is 0.638 bits per heavy atom. The Bertz CT molecular complexity index is 2620. The average Bonchev–Trinajstić information content (AvgIpc) is 3.68. The molecule has 0 spiro atoms. The molecule has 0 aliphatic heterocycles. The number of nitrogens with two attached hydrogens (primary N) is 1. The number of methoxy groups -OCH3 is 4. The van der Waals surface area contributed by atoms with E-state index in [1.807, 2.05) is 6.07 Å². The summed E-state index contributed by atoms with van der Waals surface area (Å²) in [6.45, 7) is 0. The van der Waals surface area contributed by atoms with Crippen LogP contribution in [0.1, 0.15) is 5.01 Å². The fourth-order valence-electron chi connectivity index (χ4n) is 5.22. The second-order valence-corrected chi connectivity index (χ2v) is 13.4. The summed E-state index contributed by atoms with van der Waals surface area (Å²) in [5.41, 5.74) is 7.88. The Balaban J connectivity index is 0.000000213. The largest absolute Gasteiger partial charge is 0.493 e. The highest BCUT2D eigenvalue weighted by Crippen LogP contribution is 2.41. The Labute approximate surface area is 341 Å². The van der Waals surface area contributed by atoms with Crippen molar-refractivity contribution in [2.75, 3.05) is 44.8 Å². The van der Waals surface area contributed by atoms with Crippen LogP contribution in [0, 0.1) is 0 Å². The number of rotatable bonds is 10. The number of nitrogens with zero attached hydrogens (tertiary/aromatic N) is 4. The maximum atomic E-state index is 12.6. The highest BCUT2D eigenvalue weighted by atomic mass is 35.5. The third-order valence-electron chi connectivity index (χ3n) is 7.89. The number of benzene rings is 4. The van der Waals surface area contributed by atoms with Gasteiger partial charge in [-0.3, -0.25) is 15.3 Å². The first-order valence-corrected chi connectivity index (χ1v) is 18.1. The van der Waals surface area contributed by atoms with E-state index in [-0.39, 0.29) is 27.2 Å². The molecule has 20 heteroatoms. The average molecular weight is 857 g/mol. The Morgan fingerprint density at radius 3 is 1.60 bits per heavy atom. The minimum atomic E-state index is -4.64. The fraction of sp³-hybridized carbons (Fsp3) is 0.132. The van der Waals surface area contributed by atoms with E-state index in [0.29, 0.717) is 67.6 Å². The van der Waals surface area contributed by atoms with Gasteiger partial charge in [0.1, 0.15) is 23.0 Å². The van der Waals surface area contributed by atoms with Gasteiger partial charge in [0.15, 0.2) is 23.0 Å². The first kappa shape index (κ1) is 41.1. The summed E-state index contributed by atoms with van der Waals surface area (Å²) in [6, 6.07) is 19.2. The van der Waals surface area contributed by atoms with Crippen molar-refractivity contribution >= 4 is 78.9 Å². The van der Waals surface area contributed by atoms with Crippen molar-refractivity contribution in [2.45, 2.75) is 6.18 Å². The van der Waals surface area contributed by atoms with Crippen molar-refractivity contribution < 1.29 is 46.4 Å². The lowest BCUT2D eigenvalue weighted by atomic mass is 10.2. The van der Waals surface area contributed by atoms with Gasteiger partial charge in [-0.1, -0.05) is 34.5 Å². The molecular formula is C38H30Cl2F3N7O7S. The Hall–Kier alpha value is -6.50. The number of carbonyl (C=O) groups excluding carboxylic acids is 1. The highest BCUT2D eigenvalue weighted by molar-refractivity contribution is 7.15. The van der Waals surface area contributed by atoms with Crippen molar-refractivity contribution in [3.63, 3.8) is 0 Å². The van der Waals surface area contributed by atoms with Gasteiger partial charge in [0, 0.05) is 46.7 Å². The summed E-state index contributed by atoms with van der Waals surface area (Å²) in [7, 11) is 6.20. The molecule has 7 rings (SSSR count). The van der Waals surface area contributed by atoms with Gasteiger partial charge in [-0.2, -0.15) is 13.2 Å². The van der Waals surface area contributed by atoms with Crippen LogP contribution >= 0.6 is 34.5 Å². The molecule has 0 saturated heterocycles. The number of carbonyl (C=O) groups is 1. The third-order valence-corrected chi connectivity index (χ3v) is 9.36. The van der Waals surface area contributed by atoms with Crippen LogP contribution in [0.25, 0.3) is 21.8 Å². The van der Waals surface area contributed by atoms with E-state index in [2.05, 4.69) is 30.8 Å². The molecule has 0 saturated carbocycles. The lowest BCUT2D eigenvalue weighted by Crippen LogP contribution is -2.19. The first-order valence-electron chi connectivity index (χ1n) is 16.5. The predicted octanol–water partition coefficient (Wildman–Crippen LogP) is 10.5. The molecule has 2 amide bonds. The quantitative estimate of drug-likeness (QED) is 0.111. The van der Waals surface area contributed by atoms with Crippen LogP contribution in [-0.2, 0) is 6.18 Å². The lowest BCUT2D eigenvalue weighted by Gasteiger charge is -2.13. The second-order valence-electron chi connectivity index (χ2n) is 11.6. The number of aromatic nitrogens is 4. The second kappa shape index (κ2) is 17.7. The molecule has 0 aliphatic carbocycles. The number of amides is 2. The predicted molar refractivity (Wildman–Crippen MR) is 215 cm³/mol. The molecule has 58 heavy (non-hydrogen) atoms. The van der Waals surface area contributed by atoms with E-state index in [0.717, 1.165) is 10.9 Å². The molecule has 14 nitrogen and oxygen atoms in total. The van der Waals surface area contributed by atoms with Gasteiger partial charge < -0.3 is 39.5 Å². The van der Waals surface area contributed by atoms with Crippen molar-refractivity contribution in [1.82, 2.24) is 20.2 Å². The van der Waals surface area contributed by atoms with Crippen LogP contribution in [-0.4, -0.2) is 54.6 Å². The van der Waals surface area contributed by atoms with Crippen molar-refractivity contribution in [3.8, 4) is 46.0 Å². The van der Waals surface area contributed by atoms with Gasteiger partial charge in [-0.25, -0.2) is 4.79 Å². The molecule has 0 fully saturated rings. The normalized spacial score (nSPS) is 11.0. The van der Waals surface area contributed by atoms with Crippen LogP contribution in [0.4, 0.5) is 34.5 Å². The monoisotopic (exact) mass is 855 g/mol. The molecular weight excluding hydrogens is 826 g/mol. The fourth-order valence-corrected chi connectivity index (χ4v) is 6.27. The Morgan fingerprint density at radius 2 is 1.14 bits per heavy atom. The van der Waals surface area contributed by atoms with Crippen LogP contribution < -0.4 is 44.8 Å². The summed E-state index contributed by atoms with van der Waals surface area (Å²) in [5.74, 6) is 4.08. The summed E-state index contributed by atoms with van der Waals surface area (Å²) < 4.78 is 71.0. The van der Waals surface area contributed by atoms with E-state index in [1.165, 1.54) is 32.4 Å². The number of hydrogen-bond donors (Lipinski definition) is 3. The minimum Gasteiger partial charge on any atom is -0.493 e. The zero-order chi connectivity index (χ0) is 41.6. The number of urea groups is 1. The summed E-state index contributed by atoms with van der Waals surface area (Å²) in [5, 5.41) is 11.5. The van der Waals surface area contributed by atoms with Gasteiger partial charge in [0.25, 0.3) is 0 Å². The molecule has 4 aromatic carbocycles. The van der Waals surface area contributed by atoms with Gasteiger partial charge in [0.2, 0.25) is 10.1 Å². The van der Waals surface area contributed by atoms with Gasteiger partial charge in [-0.05, 0) is 60.7 Å². The number of alkyl halides is 3. The van der Waals surface area contributed by atoms with Gasteiger partial charge in [0.05, 0.1) is 49.5 Å². The summed E-state index contributed by atoms with van der Waals surface area (Å²) in [6.07, 6.45) is -1.42. The molecule has 0 unspecified atom stereocenters. The number of halogens is 5.